The Hall–Kier alpha value is -3.20. The summed E-state index contributed by atoms with van der Waals surface area (Å²) in [5.74, 6) is 0. The summed E-state index contributed by atoms with van der Waals surface area (Å²) >= 11 is 7.66. The standard InChI is InChI=1S/C32H18Br2/c33-25-17-15-23-29-24(16-18-26(34)32(25)29)31-28(20-11-5-2-6-12-20)22-14-8-7-13-21(22)27(30(23)31)19-9-3-1-4-10-19/h1-18H. The van der Waals surface area contributed by atoms with Gasteiger partial charge in [-0.3, -0.25) is 0 Å². The lowest BCUT2D eigenvalue weighted by atomic mass is 9.82. The Balaban J connectivity index is 1.78. The molecule has 0 unspecified atom stereocenters. The summed E-state index contributed by atoms with van der Waals surface area (Å²) < 4.78 is 2.22. The Bertz CT molecular complexity index is 1620. The number of fused-ring (bicyclic) bond motifs is 4. The quantitative estimate of drug-likeness (QED) is 0.197. The summed E-state index contributed by atoms with van der Waals surface area (Å²) in [4.78, 5) is 0. The van der Waals surface area contributed by atoms with Crippen LogP contribution in [0.2, 0.25) is 0 Å². The molecule has 0 bridgehead atoms. The second-order valence-corrected chi connectivity index (χ2v) is 10.4. The van der Waals surface area contributed by atoms with Gasteiger partial charge in [0.1, 0.15) is 0 Å². The lowest BCUT2D eigenvalue weighted by molar-refractivity contribution is 1.62. The third-order valence-corrected chi connectivity index (χ3v) is 8.26. The van der Waals surface area contributed by atoms with Crippen molar-refractivity contribution in [1.82, 2.24) is 0 Å². The van der Waals surface area contributed by atoms with E-state index in [0.29, 0.717) is 0 Å². The zero-order valence-electron chi connectivity index (χ0n) is 18.1. The molecule has 34 heavy (non-hydrogen) atoms. The maximum Gasteiger partial charge on any atom is 0.0265 e. The van der Waals surface area contributed by atoms with Gasteiger partial charge in [0, 0.05) is 14.3 Å². The van der Waals surface area contributed by atoms with Gasteiger partial charge in [-0.05, 0) is 72.8 Å². The highest BCUT2D eigenvalue weighted by Crippen LogP contribution is 2.58. The van der Waals surface area contributed by atoms with Crippen molar-refractivity contribution in [2.75, 3.05) is 0 Å². The van der Waals surface area contributed by atoms with Crippen LogP contribution in [0.4, 0.5) is 0 Å². The van der Waals surface area contributed by atoms with Crippen LogP contribution in [0.25, 0.3) is 66.1 Å². The molecular weight excluding hydrogens is 544 g/mol. The van der Waals surface area contributed by atoms with Gasteiger partial charge in [0.2, 0.25) is 0 Å². The first kappa shape index (κ1) is 20.2. The topological polar surface area (TPSA) is 0 Å². The second-order valence-electron chi connectivity index (χ2n) is 8.72. The molecule has 0 nitrogen and oxygen atoms in total. The van der Waals surface area contributed by atoms with Crippen LogP contribution < -0.4 is 0 Å². The van der Waals surface area contributed by atoms with E-state index in [1.807, 2.05) is 0 Å². The van der Waals surface area contributed by atoms with Gasteiger partial charge in [-0.2, -0.15) is 0 Å². The predicted octanol–water partition coefficient (Wildman–Crippen LogP) is 10.5. The molecule has 0 heterocycles. The van der Waals surface area contributed by atoms with Gasteiger partial charge >= 0.3 is 0 Å². The van der Waals surface area contributed by atoms with Crippen molar-refractivity contribution < 1.29 is 0 Å². The molecule has 0 amide bonds. The summed E-state index contributed by atoms with van der Waals surface area (Å²) in [5.41, 5.74) is 10.4. The Labute approximate surface area is 215 Å². The van der Waals surface area contributed by atoms with Crippen LogP contribution in [-0.2, 0) is 0 Å². The molecule has 0 spiro atoms. The largest absolute Gasteiger partial charge is 0.0622 e. The molecule has 6 aromatic carbocycles. The zero-order valence-corrected chi connectivity index (χ0v) is 21.3. The Morgan fingerprint density at radius 3 is 1.21 bits per heavy atom. The molecule has 0 fully saturated rings. The van der Waals surface area contributed by atoms with Gasteiger partial charge in [-0.25, -0.2) is 0 Å². The number of rotatable bonds is 2. The maximum atomic E-state index is 3.83. The summed E-state index contributed by atoms with van der Waals surface area (Å²) in [7, 11) is 0. The minimum atomic E-state index is 1.11. The van der Waals surface area contributed by atoms with Crippen molar-refractivity contribution in [3.8, 4) is 44.5 Å². The average Bonchev–Trinajstić information content (AvgIpc) is 3.21. The van der Waals surface area contributed by atoms with Gasteiger partial charge in [0.05, 0.1) is 0 Å². The number of benzene rings is 6. The van der Waals surface area contributed by atoms with Gasteiger partial charge in [0.25, 0.3) is 0 Å². The lowest BCUT2D eigenvalue weighted by Crippen LogP contribution is -1.93. The van der Waals surface area contributed by atoms with Crippen LogP contribution >= 0.6 is 31.9 Å². The van der Waals surface area contributed by atoms with Crippen LogP contribution in [0.5, 0.6) is 0 Å². The number of hydrogen-bond acceptors (Lipinski definition) is 0. The summed E-state index contributed by atoms with van der Waals surface area (Å²) in [6, 6.07) is 39.5. The first-order valence-corrected chi connectivity index (χ1v) is 12.9. The molecule has 0 radical (unpaired) electrons. The van der Waals surface area contributed by atoms with E-state index in [1.165, 1.54) is 66.1 Å². The highest BCUT2D eigenvalue weighted by Gasteiger charge is 2.31. The molecule has 0 aliphatic heterocycles. The average molecular weight is 562 g/mol. The molecule has 1 aliphatic carbocycles. The fourth-order valence-corrected chi connectivity index (χ4v) is 6.97. The minimum absolute atomic E-state index is 1.11. The summed E-state index contributed by atoms with van der Waals surface area (Å²) in [6.45, 7) is 0. The van der Waals surface area contributed by atoms with E-state index < -0.39 is 0 Å². The summed E-state index contributed by atoms with van der Waals surface area (Å²) in [6.07, 6.45) is 0. The van der Waals surface area contributed by atoms with Crippen LogP contribution in [-0.4, -0.2) is 0 Å². The molecule has 160 valence electrons. The molecule has 6 aromatic rings. The fraction of sp³-hybridized carbons (Fsp3) is 0. The highest BCUT2D eigenvalue weighted by molar-refractivity contribution is 9.11. The molecule has 0 saturated carbocycles. The number of hydrogen-bond donors (Lipinski definition) is 0. The Morgan fingerprint density at radius 2 is 0.765 bits per heavy atom. The SMILES string of the molecule is Brc1ccc2c3c(ccc(Br)c13)-c1c-2c(-c2ccccc2)c2ccccc2c1-c1ccccc1. The minimum Gasteiger partial charge on any atom is -0.0622 e. The van der Waals surface area contributed by atoms with Crippen molar-refractivity contribution in [2.24, 2.45) is 0 Å². The second kappa shape index (κ2) is 7.66. The van der Waals surface area contributed by atoms with Crippen LogP contribution in [0, 0.1) is 0 Å². The van der Waals surface area contributed by atoms with Crippen molar-refractivity contribution >= 4 is 53.4 Å². The van der Waals surface area contributed by atoms with Crippen molar-refractivity contribution in [3.63, 3.8) is 0 Å². The molecular formula is C32H18Br2. The van der Waals surface area contributed by atoms with Crippen LogP contribution in [0.3, 0.4) is 0 Å². The normalized spacial score (nSPS) is 11.8. The smallest absolute Gasteiger partial charge is 0.0265 e. The van der Waals surface area contributed by atoms with Gasteiger partial charge in [-0.15, -0.1) is 0 Å². The van der Waals surface area contributed by atoms with Crippen molar-refractivity contribution in [2.45, 2.75) is 0 Å². The van der Waals surface area contributed by atoms with E-state index in [-0.39, 0.29) is 0 Å². The first-order chi connectivity index (χ1) is 16.7. The van der Waals surface area contributed by atoms with Crippen LogP contribution in [0.15, 0.2) is 118 Å². The third-order valence-electron chi connectivity index (χ3n) is 6.94. The molecule has 0 N–H and O–H groups in total. The van der Waals surface area contributed by atoms with Gasteiger partial charge in [-0.1, -0.05) is 129 Å². The van der Waals surface area contributed by atoms with E-state index in [2.05, 4.69) is 141 Å². The van der Waals surface area contributed by atoms with Gasteiger partial charge in [0.15, 0.2) is 0 Å². The first-order valence-electron chi connectivity index (χ1n) is 11.3. The van der Waals surface area contributed by atoms with Crippen molar-refractivity contribution in [3.05, 3.63) is 118 Å². The van der Waals surface area contributed by atoms with Crippen LogP contribution in [0.1, 0.15) is 0 Å². The number of halogens is 2. The lowest BCUT2D eigenvalue weighted by Gasteiger charge is -2.20. The Kier molecular flexibility index (Phi) is 4.55. The molecule has 1 aliphatic rings. The molecule has 0 atom stereocenters. The van der Waals surface area contributed by atoms with E-state index in [4.69, 9.17) is 0 Å². The molecule has 7 rings (SSSR count). The van der Waals surface area contributed by atoms with E-state index in [0.717, 1.165) is 8.95 Å². The monoisotopic (exact) mass is 560 g/mol. The summed E-state index contributed by atoms with van der Waals surface area (Å²) in [5, 5.41) is 5.11. The molecule has 0 aromatic heterocycles. The van der Waals surface area contributed by atoms with E-state index in [9.17, 15) is 0 Å². The Morgan fingerprint density at radius 1 is 0.353 bits per heavy atom. The predicted molar refractivity (Wildman–Crippen MR) is 152 cm³/mol. The zero-order chi connectivity index (χ0) is 22.8. The maximum absolute atomic E-state index is 3.83. The fourth-order valence-electron chi connectivity index (χ4n) is 5.62. The highest BCUT2D eigenvalue weighted by atomic mass is 79.9. The third kappa shape index (κ3) is 2.76. The van der Waals surface area contributed by atoms with E-state index >= 15 is 0 Å². The van der Waals surface area contributed by atoms with Gasteiger partial charge < -0.3 is 0 Å². The molecule has 0 saturated heterocycles. The van der Waals surface area contributed by atoms with Crippen molar-refractivity contribution in [1.29, 1.82) is 0 Å². The van der Waals surface area contributed by atoms with E-state index in [1.54, 1.807) is 0 Å². The molecule has 2 heteroatoms.